The number of carboxylic acid groups (broad SMARTS) is 1. The Hall–Kier alpha value is -5.72. The van der Waals surface area contributed by atoms with Gasteiger partial charge in [-0.3, -0.25) is 9.59 Å². The van der Waals surface area contributed by atoms with Crippen LogP contribution in [-0.2, 0) is 87.7 Å². The Labute approximate surface area is 538 Å². The molecule has 1 atom stereocenters. The molecule has 0 radical (unpaired) electrons. The molecule has 1 unspecified atom stereocenters. The summed E-state index contributed by atoms with van der Waals surface area (Å²) in [5.41, 5.74) is 14.9. The van der Waals surface area contributed by atoms with Crippen molar-refractivity contribution in [3.63, 3.8) is 0 Å². The molecular weight excluding hydrogens is 1170 g/mol. The number of carbonyl (C=O) groups is 2. The molecule has 0 saturated heterocycles. The monoisotopic (exact) mass is 1270 g/mol. The highest BCUT2D eigenvalue weighted by atomic mass is 16.6. The molecule has 0 fully saturated rings. The number of carbonyl (C=O) groups excluding carboxylic acids is 1. The number of aliphatic carboxylic acids is 1. The summed E-state index contributed by atoms with van der Waals surface area (Å²) >= 11 is 0. The summed E-state index contributed by atoms with van der Waals surface area (Å²) in [6, 6.07) is 38.0. The average Bonchev–Trinajstić information content (AvgIpc) is 1.58. The normalized spacial score (nSPS) is 13.7. The van der Waals surface area contributed by atoms with E-state index in [9.17, 15) is 9.59 Å². The molecule has 5 aromatic carbocycles. The van der Waals surface area contributed by atoms with Crippen molar-refractivity contribution in [2.75, 3.05) is 199 Å². The summed E-state index contributed by atoms with van der Waals surface area (Å²) in [4.78, 5) is 22.7. The third-order valence-electron chi connectivity index (χ3n) is 15.8. The highest BCUT2D eigenvalue weighted by Gasteiger charge is 2.43. The second-order valence-electron chi connectivity index (χ2n) is 22.2. The molecule has 19 heteroatoms. The van der Waals surface area contributed by atoms with Gasteiger partial charge in [0, 0.05) is 45.8 Å². The van der Waals surface area contributed by atoms with Gasteiger partial charge in [-0.25, -0.2) is 0 Å². The van der Waals surface area contributed by atoms with E-state index < -0.39 is 5.97 Å². The Balaban J connectivity index is 0.811. The Kier molecular flexibility index (Phi) is 35.1. The molecule has 2 aliphatic rings. The number of fused-ring (bicyclic) bond motifs is 6. The first-order chi connectivity index (χ1) is 44.9. The molecule has 500 valence electrons. The van der Waals surface area contributed by atoms with E-state index in [1.54, 1.807) is 14.2 Å². The van der Waals surface area contributed by atoms with Gasteiger partial charge in [0.2, 0.25) is 5.91 Å². The fourth-order valence-corrected chi connectivity index (χ4v) is 11.2. The summed E-state index contributed by atoms with van der Waals surface area (Å²) in [6.45, 7) is 14.3. The number of carboxylic acids is 1. The zero-order valence-corrected chi connectivity index (χ0v) is 53.9. The fraction of sp³-hybridized carbons (Fsp3) is 0.556. The molecule has 2 aliphatic carbocycles. The van der Waals surface area contributed by atoms with Gasteiger partial charge in [-0.15, -0.1) is 0 Å². The number of benzene rings is 5. The maximum Gasteiger partial charge on any atom is 0.303 e. The van der Waals surface area contributed by atoms with Crippen LogP contribution in [0.4, 0.5) is 0 Å². The Morgan fingerprint density at radius 1 is 0.385 bits per heavy atom. The van der Waals surface area contributed by atoms with Crippen molar-refractivity contribution in [3.05, 3.63) is 125 Å². The third kappa shape index (κ3) is 26.0. The largest absolute Gasteiger partial charge is 0.494 e. The molecule has 1 amide bonds. The van der Waals surface area contributed by atoms with Crippen LogP contribution in [0.2, 0.25) is 0 Å². The minimum Gasteiger partial charge on any atom is -0.494 e. The zero-order chi connectivity index (χ0) is 63.7. The van der Waals surface area contributed by atoms with Gasteiger partial charge in [0.1, 0.15) is 5.75 Å². The Morgan fingerprint density at radius 3 is 1.22 bits per heavy atom. The number of rotatable bonds is 55. The second-order valence-corrected chi connectivity index (χ2v) is 22.2. The van der Waals surface area contributed by atoms with Crippen LogP contribution in [0.15, 0.2) is 103 Å². The lowest BCUT2D eigenvalue weighted by atomic mass is 9.70. The van der Waals surface area contributed by atoms with E-state index >= 15 is 0 Å². The van der Waals surface area contributed by atoms with E-state index in [1.165, 1.54) is 55.6 Å². The van der Waals surface area contributed by atoms with Gasteiger partial charge in [-0.2, -0.15) is 0 Å². The van der Waals surface area contributed by atoms with Gasteiger partial charge in [0.05, 0.1) is 172 Å². The van der Waals surface area contributed by atoms with E-state index in [2.05, 4.69) is 96.3 Å². The molecule has 5 aromatic rings. The summed E-state index contributed by atoms with van der Waals surface area (Å²) in [6.07, 6.45) is 5.71. The quantitative estimate of drug-likeness (QED) is 0.0341. The van der Waals surface area contributed by atoms with E-state index in [-0.39, 0.29) is 24.2 Å². The Morgan fingerprint density at radius 2 is 0.769 bits per heavy atom. The predicted molar refractivity (Wildman–Crippen MR) is 348 cm³/mol. The highest BCUT2D eigenvalue weighted by Crippen LogP contribution is 2.55. The lowest BCUT2D eigenvalue weighted by Gasteiger charge is -2.33. The van der Waals surface area contributed by atoms with Crippen LogP contribution in [0, 0.1) is 0 Å². The number of nitrogens with one attached hydrogen (secondary N) is 1. The number of hydrogen-bond acceptors (Lipinski definition) is 17. The first-order valence-corrected chi connectivity index (χ1v) is 32.5. The number of methoxy groups -OCH3 is 2. The standard InChI is InChI=1S/C72H99NO18/c1-77-29-31-79-26-7-23-72(24-8-27-80-33-34-82-37-38-84-41-42-86-45-46-88-49-50-90-52-51-89-48-47-87-44-43-85-40-39-83-36-35-81-32-30-78-2)68-55-59(57-11-16-63(17-12-57)91-28-6-5-25-73-70(74)21-22-71(75)76)14-19-66(68)67-20-15-60(56-69(67)72)58-13-18-65-62(53-58)54-61-9-3-4-10-64(61)65/h3-4,9-20,53,55-56H,5-8,21-52,54H2,1-2H3,(H,73,74)(H,75,76). The van der Waals surface area contributed by atoms with Crippen LogP contribution in [-0.4, -0.2) is 216 Å². The van der Waals surface area contributed by atoms with E-state index in [0.29, 0.717) is 185 Å². The van der Waals surface area contributed by atoms with E-state index in [1.807, 2.05) is 12.1 Å². The first-order valence-electron chi connectivity index (χ1n) is 32.5. The van der Waals surface area contributed by atoms with Gasteiger partial charge in [-0.05, 0) is 136 Å². The van der Waals surface area contributed by atoms with Gasteiger partial charge in [0.15, 0.2) is 0 Å². The topological polar surface area (TPSA) is 205 Å². The number of amides is 1. The van der Waals surface area contributed by atoms with E-state index in [4.69, 9.17) is 76.2 Å². The van der Waals surface area contributed by atoms with Crippen LogP contribution < -0.4 is 10.1 Å². The molecule has 0 aromatic heterocycles. The lowest BCUT2D eigenvalue weighted by molar-refractivity contribution is -0.138. The van der Waals surface area contributed by atoms with Crippen molar-refractivity contribution < 1.29 is 85.7 Å². The van der Waals surface area contributed by atoms with Crippen molar-refractivity contribution in [2.24, 2.45) is 0 Å². The molecule has 7 rings (SSSR count). The van der Waals surface area contributed by atoms with Crippen LogP contribution >= 0.6 is 0 Å². The van der Waals surface area contributed by atoms with Crippen LogP contribution in [0.5, 0.6) is 5.75 Å². The first kappa shape index (κ1) is 72.7. The third-order valence-corrected chi connectivity index (χ3v) is 15.8. The number of hydrogen-bond donors (Lipinski definition) is 2. The van der Waals surface area contributed by atoms with Crippen molar-refractivity contribution in [3.8, 4) is 50.3 Å². The molecule has 0 bridgehead atoms. The van der Waals surface area contributed by atoms with Crippen molar-refractivity contribution in [1.82, 2.24) is 5.32 Å². The maximum absolute atomic E-state index is 11.9. The maximum atomic E-state index is 11.9. The SMILES string of the molecule is COCCOCCCC1(CCCOCCOCCOCCOCCOCCOCCOCCOCCOCCOCCOCCOC)c2cc(-c3ccc(OCCCCNC(=O)CCC(=O)O)cc3)ccc2-c2ccc(-c3ccc4c(c3)Cc3ccccc3-4)cc21. The molecule has 0 spiro atoms. The van der Waals surface area contributed by atoms with Gasteiger partial charge in [-0.1, -0.05) is 78.9 Å². The van der Waals surface area contributed by atoms with Gasteiger partial charge < -0.3 is 81.5 Å². The molecule has 19 nitrogen and oxygen atoms in total. The van der Waals surface area contributed by atoms with Crippen LogP contribution in [0.25, 0.3) is 44.5 Å². The van der Waals surface area contributed by atoms with Crippen LogP contribution in [0.1, 0.15) is 73.6 Å². The summed E-state index contributed by atoms with van der Waals surface area (Å²) in [7, 11) is 3.35. The molecule has 91 heavy (non-hydrogen) atoms. The number of ether oxygens (including phenoxy) is 15. The average molecular weight is 1270 g/mol. The second kappa shape index (κ2) is 44.0. The fourth-order valence-electron chi connectivity index (χ4n) is 11.2. The van der Waals surface area contributed by atoms with Crippen LogP contribution in [0.3, 0.4) is 0 Å². The molecule has 0 aliphatic heterocycles. The smallest absolute Gasteiger partial charge is 0.303 e. The minimum absolute atomic E-state index is 0.0165. The highest BCUT2D eigenvalue weighted by molar-refractivity contribution is 5.87. The predicted octanol–water partition coefficient (Wildman–Crippen LogP) is 10.1. The zero-order valence-electron chi connectivity index (χ0n) is 53.9. The lowest BCUT2D eigenvalue weighted by Crippen LogP contribution is -2.27. The molecule has 2 N–H and O–H groups in total. The molecular formula is C72H99NO18. The Bertz CT molecular complexity index is 2820. The van der Waals surface area contributed by atoms with Gasteiger partial charge >= 0.3 is 5.97 Å². The minimum atomic E-state index is -0.979. The summed E-state index contributed by atoms with van der Waals surface area (Å²) in [5, 5.41) is 11.6. The molecule has 0 saturated carbocycles. The van der Waals surface area contributed by atoms with Crippen molar-refractivity contribution in [1.29, 1.82) is 0 Å². The molecule has 0 heterocycles. The van der Waals surface area contributed by atoms with Gasteiger partial charge in [0.25, 0.3) is 0 Å². The summed E-state index contributed by atoms with van der Waals surface area (Å²) in [5.74, 6) is -0.453. The van der Waals surface area contributed by atoms with E-state index in [0.717, 1.165) is 61.8 Å². The number of unbranched alkanes of at least 4 members (excludes halogenated alkanes) is 1. The van der Waals surface area contributed by atoms with Crippen molar-refractivity contribution in [2.45, 2.75) is 63.2 Å². The van der Waals surface area contributed by atoms with Crippen molar-refractivity contribution >= 4 is 11.9 Å². The summed E-state index contributed by atoms with van der Waals surface area (Å²) < 4.78 is 84.6.